The van der Waals surface area contributed by atoms with E-state index in [1.165, 1.54) is 6.07 Å². The number of hydrogen-bond donors (Lipinski definition) is 2. The minimum absolute atomic E-state index is 0.161. The van der Waals surface area contributed by atoms with Crippen molar-refractivity contribution < 1.29 is 13.5 Å². The Balaban J connectivity index is 1.89. The van der Waals surface area contributed by atoms with Crippen LogP contribution >= 0.6 is 0 Å². The maximum atomic E-state index is 12.3. The van der Waals surface area contributed by atoms with E-state index in [0.29, 0.717) is 30.5 Å². The number of rotatable bonds is 6. The fourth-order valence-electron chi connectivity index (χ4n) is 3.00. The number of alkyl halides is 2. The molecule has 25 heavy (non-hydrogen) atoms. The molecule has 1 aromatic carbocycles. The van der Waals surface area contributed by atoms with Crippen molar-refractivity contribution in [3.8, 4) is 5.75 Å². The Morgan fingerprint density at radius 2 is 2.12 bits per heavy atom. The highest BCUT2D eigenvalue weighted by molar-refractivity contribution is 5.80. The SMILES string of the molecule is CN=C(NCc1cccc(OC(F)F)c1)NC1CN(C(C)C)CC1C. The van der Waals surface area contributed by atoms with Crippen molar-refractivity contribution in [2.75, 3.05) is 20.1 Å². The van der Waals surface area contributed by atoms with Crippen LogP contribution in [0.5, 0.6) is 5.75 Å². The summed E-state index contributed by atoms with van der Waals surface area (Å²) in [6.07, 6.45) is 0. The Morgan fingerprint density at radius 3 is 2.72 bits per heavy atom. The molecule has 0 radical (unpaired) electrons. The van der Waals surface area contributed by atoms with Gasteiger partial charge >= 0.3 is 6.61 Å². The molecule has 0 amide bonds. The summed E-state index contributed by atoms with van der Waals surface area (Å²) < 4.78 is 29.0. The van der Waals surface area contributed by atoms with Gasteiger partial charge in [-0.1, -0.05) is 19.1 Å². The molecule has 1 saturated heterocycles. The van der Waals surface area contributed by atoms with E-state index < -0.39 is 6.61 Å². The van der Waals surface area contributed by atoms with Crippen LogP contribution in [-0.4, -0.2) is 49.7 Å². The molecule has 1 aliphatic rings. The van der Waals surface area contributed by atoms with Crippen LogP contribution in [0.2, 0.25) is 0 Å². The molecule has 2 rings (SSSR count). The van der Waals surface area contributed by atoms with Gasteiger partial charge in [-0.05, 0) is 37.5 Å². The number of hydrogen-bond acceptors (Lipinski definition) is 3. The second-order valence-electron chi connectivity index (χ2n) is 6.73. The van der Waals surface area contributed by atoms with Crippen LogP contribution in [0.3, 0.4) is 0 Å². The Morgan fingerprint density at radius 1 is 1.36 bits per heavy atom. The molecule has 0 spiro atoms. The zero-order valence-electron chi connectivity index (χ0n) is 15.3. The number of guanidine groups is 1. The maximum Gasteiger partial charge on any atom is 0.387 e. The monoisotopic (exact) mass is 354 g/mol. The minimum atomic E-state index is -2.81. The fraction of sp³-hybridized carbons (Fsp3) is 0.611. The van der Waals surface area contributed by atoms with Crippen molar-refractivity contribution >= 4 is 5.96 Å². The van der Waals surface area contributed by atoms with Crippen LogP contribution < -0.4 is 15.4 Å². The van der Waals surface area contributed by atoms with Crippen LogP contribution in [0.25, 0.3) is 0 Å². The molecule has 1 aliphatic heterocycles. The lowest BCUT2D eigenvalue weighted by molar-refractivity contribution is -0.0498. The lowest BCUT2D eigenvalue weighted by atomic mass is 10.1. The molecular weight excluding hydrogens is 326 g/mol. The Bertz CT molecular complexity index is 580. The predicted octanol–water partition coefficient (Wildman–Crippen LogP) is 2.68. The smallest absolute Gasteiger partial charge is 0.387 e. The van der Waals surface area contributed by atoms with Crippen LogP contribution in [0.1, 0.15) is 26.3 Å². The zero-order valence-corrected chi connectivity index (χ0v) is 15.3. The second kappa shape index (κ2) is 8.99. The minimum Gasteiger partial charge on any atom is -0.435 e. The third-order valence-electron chi connectivity index (χ3n) is 4.50. The number of benzene rings is 1. The first-order valence-electron chi connectivity index (χ1n) is 8.64. The highest BCUT2D eigenvalue weighted by atomic mass is 19.3. The molecule has 2 unspecified atom stereocenters. The van der Waals surface area contributed by atoms with Crippen LogP contribution in [-0.2, 0) is 6.54 Å². The summed E-state index contributed by atoms with van der Waals surface area (Å²) in [7, 11) is 1.73. The van der Waals surface area contributed by atoms with Crippen molar-refractivity contribution in [2.45, 2.75) is 46.0 Å². The summed E-state index contributed by atoms with van der Waals surface area (Å²) in [5, 5.41) is 6.70. The molecule has 1 aromatic rings. The van der Waals surface area contributed by atoms with Gasteiger partial charge in [0.05, 0.1) is 0 Å². The van der Waals surface area contributed by atoms with E-state index in [1.54, 1.807) is 19.2 Å². The van der Waals surface area contributed by atoms with Gasteiger partial charge in [0.1, 0.15) is 5.75 Å². The van der Waals surface area contributed by atoms with Crippen LogP contribution in [0, 0.1) is 5.92 Å². The largest absolute Gasteiger partial charge is 0.435 e. The summed E-state index contributed by atoms with van der Waals surface area (Å²) >= 11 is 0. The topological polar surface area (TPSA) is 48.9 Å². The van der Waals surface area contributed by atoms with Crippen molar-refractivity contribution in [2.24, 2.45) is 10.9 Å². The third kappa shape index (κ3) is 5.85. The van der Waals surface area contributed by atoms with E-state index >= 15 is 0 Å². The Hall–Kier alpha value is -1.89. The van der Waals surface area contributed by atoms with Crippen molar-refractivity contribution in [3.63, 3.8) is 0 Å². The molecule has 140 valence electrons. The van der Waals surface area contributed by atoms with Gasteiger partial charge in [0.2, 0.25) is 0 Å². The molecule has 7 heteroatoms. The van der Waals surface area contributed by atoms with Gasteiger partial charge in [-0.25, -0.2) is 0 Å². The van der Waals surface area contributed by atoms with Gasteiger partial charge < -0.3 is 15.4 Å². The van der Waals surface area contributed by atoms with E-state index in [0.717, 1.165) is 18.7 Å². The van der Waals surface area contributed by atoms with E-state index in [-0.39, 0.29) is 5.75 Å². The van der Waals surface area contributed by atoms with Gasteiger partial charge in [0.25, 0.3) is 0 Å². The van der Waals surface area contributed by atoms with E-state index in [2.05, 4.69) is 46.0 Å². The summed E-state index contributed by atoms with van der Waals surface area (Å²) in [4.78, 5) is 6.71. The highest BCUT2D eigenvalue weighted by Crippen LogP contribution is 2.19. The van der Waals surface area contributed by atoms with Crippen LogP contribution in [0.4, 0.5) is 8.78 Å². The normalized spacial score (nSPS) is 21.8. The third-order valence-corrected chi connectivity index (χ3v) is 4.50. The van der Waals surface area contributed by atoms with E-state index in [1.807, 2.05) is 6.07 Å². The molecule has 1 heterocycles. The number of aliphatic imine (C=N–C) groups is 1. The summed E-state index contributed by atoms with van der Waals surface area (Å²) in [5.74, 6) is 1.40. The molecular formula is C18H28F2N4O. The predicted molar refractivity (Wildman–Crippen MR) is 96.1 cm³/mol. The number of nitrogens with zero attached hydrogens (tertiary/aromatic N) is 2. The van der Waals surface area contributed by atoms with Gasteiger partial charge in [0.15, 0.2) is 5.96 Å². The zero-order chi connectivity index (χ0) is 18.4. The first kappa shape index (κ1) is 19.4. The molecule has 0 aliphatic carbocycles. The molecule has 2 atom stereocenters. The van der Waals surface area contributed by atoms with Crippen LogP contribution in [0.15, 0.2) is 29.3 Å². The molecule has 0 aromatic heterocycles. The lowest BCUT2D eigenvalue weighted by Crippen LogP contribution is -2.46. The Labute approximate surface area is 148 Å². The van der Waals surface area contributed by atoms with Gasteiger partial charge in [-0.2, -0.15) is 8.78 Å². The second-order valence-corrected chi connectivity index (χ2v) is 6.73. The molecule has 0 bridgehead atoms. The quantitative estimate of drug-likeness (QED) is 0.609. The lowest BCUT2D eigenvalue weighted by Gasteiger charge is -2.22. The van der Waals surface area contributed by atoms with E-state index in [9.17, 15) is 8.78 Å². The highest BCUT2D eigenvalue weighted by Gasteiger charge is 2.31. The van der Waals surface area contributed by atoms with E-state index in [4.69, 9.17) is 0 Å². The van der Waals surface area contributed by atoms with Crippen molar-refractivity contribution in [1.82, 2.24) is 15.5 Å². The molecule has 0 saturated carbocycles. The summed E-state index contributed by atoms with van der Waals surface area (Å²) in [6.45, 7) is 6.36. The average Bonchev–Trinajstić information content (AvgIpc) is 2.92. The molecule has 5 nitrogen and oxygen atoms in total. The number of ether oxygens (including phenoxy) is 1. The standard InChI is InChI=1S/C18H28F2N4O/c1-12(2)24-10-13(3)16(11-24)23-18(21-4)22-9-14-6-5-7-15(8-14)25-17(19)20/h5-8,12-13,16-17H,9-11H2,1-4H3,(H2,21,22,23). The summed E-state index contributed by atoms with van der Waals surface area (Å²) in [6, 6.07) is 7.54. The van der Waals surface area contributed by atoms with Gasteiger partial charge in [-0.3, -0.25) is 9.89 Å². The number of nitrogens with one attached hydrogen (secondary N) is 2. The van der Waals surface area contributed by atoms with Gasteiger partial charge in [0, 0.05) is 38.8 Å². The number of likely N-dealkylation sites (tertiary alicyclic amines) is 1. The maximum absolute atomic E-state index is 12.3. The Kier molecular flexibility index (Phi) is 6.99. The van der Waals surface area contributed by atoms with Crippen molar-refractivity contribution in [3.05, 3.63) is 29.8 Å². The summed E-state index contributed by atoms with van der Waals surface area (Å²) in [5.41, 5.74) is 0.851. The van der Waals surface area contributed by atoms with Gasteiger partial charge in [-0.15, -0.1) is 0 Å². The van der Waals surface area contributed by atoms with Crippen molar-refractivity contribution in [1.29, 1.82) is 0 Å². The fourth-order valence-corrected chi connectivity index (χ4v) is 3.00. The first-order valence-corrected chi connectivity index (χ1v) is 8.64. The first-order chi connectivity index (χ1) is 11.9. The number of halogens is 2. The molecule has 2 N–H and O–H groups in total. The average molecular weight is 354 g/mol. The molecule has 1 fully saturated rings.